The van der Waals surface area contributed by atoms with Gasteiger partial charge in [-0.15, -0.1) is 0 Å². The van der Waals surface area contributed by atoms with Gasteiger partial charge in [0.1, 0.15) is 5.82 Å². The minimum absolute atomic E-state index is 0.143. The lowest BCUT2D eigenvalue weighted by Crippen LogP contribution is -2.58. The van der Waals surface area contributed by atoms with Crippen molar-refractivity contribution in [2.75, 3.05) is 37.3 Å². The SMILES string of the molecule is CN1CCN(c2cc(C(F)(F)F)nc(N)n2)CC1(C)C. The zero-order valence-electron chi connectivity index (χ0n) is 11.7. The average Bonchev–Trinajstić information content (AvgIpc) is 2.30. The molecule has 1 aromatic rings. The van der Waals surface area contributed by atoms with Crippen molar-refractivity contribution in [3.05, 3.63) is 11.8 Å². The first-order valence-corrected chi connectivity index (χ1v) is 6.27. The van der Waals surface area contributed by atoms with Gasteiger partial charge in [-0.25, -0.2) is 4.98 Å². The molecule has 0 bridgehead atoms. The third-order valence-corrected chi connectivity index (χ3v) is 3.66. The molecule has 1 saturated heterocycles. The summed E-state index contributed by atoms with van der Waals surface area (Å²) in [6.45, 7) is 6.01. The van der Waals surface area contributed by atoms with E-state index < -0.39 is 11.9 Å². The van der Waals surface area contributed by atoms with Crippen LogP contribution >= 0.6 is 0 Å². The molecule has 0 saturated carbocycles. The Morgan fingerprint density at radius 2 is 1.90 bits per heavy atom. The predicted octanol–water partition coefficient (Wildman–Crippen LogP) is 1.61. The van der Waals surface area contributed by atoms with Gasteiger partial charge in [0.25, 0.3) is 0 Å². The number of aromatic nitrogens is 2. The normalized spacial score (nSPS) is 20.2. The first kappa shape index (κ1) is 14.8. The summed E-state index contributed by atoms with van der Waals surface area (Å²) in [5.41, 5.74) is 4.25. The van der Waals surface area contributed by atoms with E-state index >= 15 is 0 Å². The Balaban J connectivity index is 2.32. The van der Waals surface area contributed by atoms with E-state index in [9.17, 15) is 13.2 Å². The molecule has 0 aromatic carbocycles. The molecule has 5 nitrogen and oxygen atoms in total. The highest BCUT2D eigenvalue weighted by molar-refractivity contribution is 5.45. The van der Waals surface area contributed by atoms with Gasteiger partial charge in [-0.05, 0) is 20.9 Å². The Morgan fingerprint density at radius 1 is 1.25 bits per heavy atom. The van der Waals surface area contributed by atoms with Crippen LogP contribution in [0.2, 0.25) is 0 Å². The van der Waals surface area contributed by atoms with Crippen LogP contribution in [0.3, 0.4) is 0 Å². The lowest BCUT2D eigenvalue weighted by atomic mass is 10.00. The second kappa shape index (κ2) is 4.76. The summed E-state index contributed by atoms with van der Waals surface area (Å²) in [6, 6.07) is 0.956. The van der Waals surface area contributed by atoms with Gasteiger partial charge in [0.05, 0.1) is 0 Å². The molecule has 2 heterocycles. The van der Waals surface area contributed by atoms with Crippen molar-refractivity contribution in [3.63, 3.8) is 0 Å². The molecule has 112 valence electrons. The minimum atomic E-state index is -4.52. The summed E-state index contributed by atoms with van der Waals surface area (Å²) >= 11 is 0. The van der Waals surface area contributed by atoms with Gasteiger partial charge in [0.15, 0.2) is 5.69 Å². The zero-order valence-corrected chi connectivity index (χ0v) is 11.7. The Bertz CT molecular complexity index is 500. The minimum Gasteiger partial charge on any atom is -0.368 e. The van der Waals surface area contributed by atoms with Crippen molar-refractivity contribution in [3.8, 4) is 0 Å². The van der Waals surface area contributed by atoms with Crippen molar-refractivity contribution < 1.29 is 13.2 Å². The van der Waals surface area contributed by atoms with Crippen LogP contribution in [0.5, 0.6) is 0 Å². The van der Waals surface area contributed by atoms with Gasteiger partial charge < -0.3 is 10.6 Å². The van der Waals surface area contributed by atoms with E-state index in [1.165, 1.54) is 0 Å². The lowest BCUT2D eigenvalue weighted by molar-refractivity contribution is -0.141. The monoisotopic (exact) mass is 289 g/mol. The van der Waals surface area contributed by atoms with Crippen molar-refractivity contribution in [1.82, 2.24) is 14.9 Å². The Morgan fingerprint density at radius 3 is 2.45 bits per heavy atom. The van der Waals surface area contributed by atoms with Gasteiger partial charge >= 0.3 is 6.18 Å². The number of nitrogens with two attached hydrogens (primary N) is 1. The highest BCUT2D eigenvalue weighted by Gasteiger charge is 2.36. The lowest BCUT2D eigenvalue weighted by Gasteiger charge is -2.45. The molecule has 0 atom stereocenters. The van der Waals surface area contributed by atoms with E-state index in [0.29, 0.717) is 13.1 Å². The van der Waals surface area contributed by atoms with Crippen molar-refractivity contribution in [2.24, 2.45) is 0 Å². The molecule has 0 unspecified atom stereocenters. The molecular weight excluding hydrogens is 271 g/mol. The molecule has 8 heteroatoms. The van der Waals surface area contributed by atoms with Crippen molar-refractivity contribution in [2.45, 2.75) is 25.6 Å². The molecule has 20 heavy (non-hydrogen) atoms. The number of alkyl halides is 3. The van der Waals surface area contributed by atoms with Crippen LogP contribution in [0.25, 0.3) is 0 Å². The first-order valence-electron chi connectivity index (χ1n) is 6.27. The van der Waals surface area contributed by atoms with Gasteiger partial charge in [-0.1, -0.05) is 0 Å². The maximum absolute atomic E-state index is 12.8. The molecule has 2 rings (SSSR count). The van der Waals surface area contributed by atoms with E-state index in [4.69, 9.17) is 5.73 Å². The number of nitrogens with zero attached hydrogens (tertiary/aromatic N) is 4. The first-order chi connectivity index (χ1) is 9.09. The summed E-state index contributed by atoms with van der Waals surface area (Å²) in [5, 5.41) is 0. The molecule has 2 N–H and O–H groups in total. The smallest absolute Gasteiger partial charge is 0.368 e. The van der Waals surface area contributed by atoms with Crippen LogP contribution in [0.15, 0.2) is 6.07 Å². The Hall–Kier alpha value is -1.57. The van der Waals surface area contributed by atoms with Gasteiger partial charge in [0.2, 0.25) is 5.95 Å². The van der Waals surface area contributed by atoms with Crippen LogP contribution in [-0.4, -0.2) is 47.1 Å². The van der Waals surface area contributed by atoms with Crippen LogP contribution < -0.4 is 10.6 Å². The molecule has 0 aliphatic carbocycles. The Kier molecular flexibility index (Phi) is 3.53. The summed E-state index contributed by atoms with van der Waals surface area (Å²) < 4.78 is 38.3. The molecule has 0 amide bonds. The van der Waals surface area contributed by atoms with Crippen molar-refractivity contribution >= 4 is 11.8 Å². The quantitative estimate of drug-likeness (QED) is 0.851. The van der Waals surface area contributed by atoms with Crippen LogP contribution in [0.4, 0.5) is 24.9 Å². The maximum Gasteiger partial charge on any atom is 0.433 e. The van der Waals surface area contributed by atoms with E-state index in [2.05, 4.69) is 14.9 Å². The van der Waals surface area contributed by atoms with E-state index in [1.807, 2.05) is 25.8 Å². The zero-order chi connectivity index (χ0) is 15.1. The van der Waals surface area contributed by atoms with Gasteiger partial charge in [0, 0.05) is 31.2 Å². The third-order valence-electron chi connectivity index (χ3n) is 3.66. The average molecular weight is 289 g/mol. The van der Waals surface area contributed by atoms with Crippen LogP contribution in [0, 0.1) is 0 Å². The van der Waals surface area contributed by atoms with E-state index in [-0.39, 0.29) is 17.3 Å². The third kappa shape index (κ3) is 2.95. The number of hydrogen-bond donors (Lipinski definition) is 1. The summed E-state index contributed by atoms with van der Waals surface area (Å²) in [7, 11) is 1.99. The number of anilines is 2. The number of piperazine rings is 1. The van der Waals surface area contributed by atoms with Gasteiger partial charge in [-0.3, -0.25) is 4.90 Å². The molecular formula is C12H18F3N5. The second-order valence-corrected chi connectivity index (χ2v) is 5.62. The Labute approximate surface area is 115 Å². The fraction of sp³-hybridized carbons (Fsp3) is 0.667. The fourth-order valence-electron chi connectivity index (χ4n) is 2.20. The number of likely N-dealkylation sites (N-methyl/N-ethyl adjacent to an activating group) is 1. The maximum atomic E-state index is 12.8. The van der Waals surface area contributed by atoms with E-state index in [1.54, 1.807) is 0 Å². The topological polar surface area (TPSA) is 58.3 Å². The molecule has 1 fully saturated rings. The molecule has 0 radical (unpaired) electrons. The number of rotatable bonds is 1. The highest BCUT2D eigenvalue weighted by atomic mass is 19.4. The van der Waals surface area contributed by atoms with E-state index in [0.717, 1.165) is 12.6 Å². The molecule has 1 aliphatic heterocycles. The number of halogens is 3. The number of nitrogen functional groups attached to an aromatic ring is 1. The van der Waals surface area contributed by atoms with Crippen molar-refractivity contribution in [1.29, 1.82) is 0 Å². The largest absolute Gasteiger partial charge is 0.433 e. The standard InChI is InChI=1S/C12H18F3N5/c1-11(2)7-20(5-4-19(11)3)9-6-8(12(13,14)15)17-10(16)18-9/h6H,4-5,7H2,1-3H3,(H2,16,17,18). The fourth-order valence-corrected chi connectivity index (χ4v) is 2.20. The number of hydrogen-bond acceptors (Lipinski definition) is 5. The molecule has 1 aliphatic rings. The second-order valence-electron chi connectivity index (χ2n) is 5.62. The van der Waals surface area contributed by atoms with Gasteiger partial charge in [-0.2, -0.15) is 18.2 Å². The summed E-state index contributed by atoms with van der Waals surface area (Å²) in [6.07, 6.45) is -4.52. The van der Waals surface area contributed by atoms with Crippen LogP contribution in [-0.2, 0) is 6.18 Å². The molecule has 0 spiro atoms. The van der Waals surface area contributed by atoms with Crippen LogP contribution in [0.1, 0.15) is 19.5 Å². The summed E-state index contributed by atoms with van der Waals surface area (Å²) in [5.74, 6) is -0.127. The molecule has 1 aromatic heterocycles. The highest BCUT2D eigenvalue weighted by Crippen LogP contribution is 2.31. The summed E-state index contributed by atoms with van der Waals surface area (Å²) in [4.78, 5) is 11.2. The predicted molar refractivity (Wildman–Crippen MR) is 70.4 cm³/mol.